The smallest absolute Gasteiger partial charge is 0.346 e. The molecule has 1 aliphatic heterocycles. The molecule has 1 amide bonds. The Morgan fingerprint density at radius 3 is 2.40 bits per heavy atom. The maximum absolute atomic E-state index is 13.1. The molecular weight excluding hydrogens is 380 g/mol. The highest BCUT2D eigenvalue weighted by molar-refractivity contribution is 5.78. The molecule has 4 rings (SSSR count). The molecule has 1 aromatic heterocycles. The first kappa shape index (κ1) is 19.9. The lowest BCUT2D eigenvalue weighted by Crippen LogP contribution is -2.46. The van der Waals surface area contributed by atoms with E-state index in [1.807, 2.05) is 60.7 Å². The molecule has 7 heteroatoms. The van der Waals surface area contributed by atoms with Crippen LogP contribution in [0.1, 0.15) is 31.3 Å². The standard InChI is InChI=1S/C23H26N4O3/c1-17(2)15-27-23(29)26-14-13-25(20(28)16-30-19-11-7-4-8-12-19)21(22(26)24-27)18-9-5-3-6-10-18/h3-12,17,21H,13-16H2,1-2H3. The number of amides is 1. The van der Waals surface area contributed by atoms with Crippen LogP contribution in [-0.2, 0) is 17.9 Å². The summed E-state index contributed by atoms with van der Waals surface area (Å²) in [6.07, 6.45) is 0. The SMILES string of the molecule is CC(C)Cn1nc2n(c1=O)CCN(C(=O)COc1ccccc1)C2c1ccccc1. The normalized spacial score (nSPS) is 15.8. The predicted molar refractivity (Wildman–Crippen MR) is 113 cm³/mol. The van der Waals surface area contributed by atoms with Crippen molar-refractivity contribution < 1.29 is 9.53 Å². The molecule has 0 spiro atoms. The molecule has 0 fully saturated rings. The van der Waals surface area contributed by atoms with Gasteiger partial charge in [0, 0.05) is 19.6 Å². The van der Waals surface area contributed by atoms with Crippen LogP contribution in [0.4, 0.5) is 0 Å². The van der Waals surface area contributed by atoms with Gasteiger partial charge in [-0.2, -0.15) is 5.10 Å². The van der Waals surface area contributed by atoms with Crippen LogP contribution < -0.4 is 10.4 Å². The molecular formula is C23H26N4O3. The van der Waals surface area contributed by atoms with Crippen molar-refractivity contribution >= 4 is 5.91 Å². The summed E-state index contributed by atoms with van der Waals surface area (Å²) in [6, 6.07) is 18.6. The van der Waals surface area contributed by atoms with E-state index in [-0.39, 0.29) is 18.2 Å². The lowest BCUT2D eigenvalue weighted by atomic mass is 10.0. The van der Waals surface area contributed by atoms with Crippen LogP contribution in [0, 0.1) is 5.92 Å². The lowest BCUT2D eigenvalue weighted by molar-refractivity contribution is -0.136. The molecule has 1 atom stereocenters. The maximum atomic E-state index is 13.1. The van der Waals surface area contributed by atoms with Gasteiger partial charge in [-0.3, -0.25) is 9.36 Å². The molecule has 0 radical (unpaired) electrons. The molecule has 2 aromatic carbocycles. The monoisotopic (exact) mass is 406 g/mol. The summed E-state index contributed by atoms with van der Waals surface area (Å²) >= 11 is 0. The number of para-hydroxylation sites is 1. The van der Waals surface area contributed by atoms with Gasteiger partial charge < -0.3 is 9.64 Å². The van der Waals surface area contributed by atoms with Gasteiger partial charge >= 0.3 is 5.69 Å². The molecule has 0 saturated carbocycles. The first-order valence-corrected chi connectivity index (χ1v) is 10.2. The number of hydrogen-bond acceptors (Lipinski definition) is 4. The Hall–Kier alpha value is -3.35. The number of nitrogens with zero attached hydrogens (tertiary/aromatic N) is 4. The quantitative estimate of drug-likeness (QED) is 0.631. The zero-order chi connectivity index (χ0) is 21.1. The van der Waals surface area contributed by atoms with Crippen LogP contribution in [0.3, 0.4) is 0 Å². The lowest BCUT2D eigenvalue weighted by Gasteiger charge is -2.35. The highest BCUT2D eigenvalue weighted by atomic mass is 16.5. The molecule has 0 bridgehead atoms. The first-order valence-electron chi connectivity index (χ1n) is 10.2. The van der Waals surface area contributed by atoms with Gasteiger partial charge in [-0.15, -0.1) is 0 Å². The molecule has 3 aromatic rings. The van der Waals surface area contributed by atoms with Crippen LogP contribution in [0.15, 0.2) is 65.5 Å². The zero-order valence-corrected chi connectivity index (χ0v) is 17.3. The second-order valence-corrected chi connectivity index (χ2v) is 7.87. The van der Waals surface area contributed by atoms with E-state index in [4.69, 9.17) is 4.74 Å². The number of hydrogen-bond donors (Lipinski definition) is 0. The van der Waals surface area contributed by atoms with Crippen LogP contribution in [-0.4, -0.2) is 38.3 Å². The Balaban J connectivity index is 1.66. The molecule has 30 heavy (non-hydrogen) atoms. The highest BCUT2D eigenvalue weighted by Crippen LogP contribution is 2.30. The van der Waals surface area contributed by atoms with Crippen molar-refractivity contribution in [1.29, 1.82) is 0 Å². The molecule has 156 valence electrons. The number of benzene rings is 2. The Labute approximate surface area is 175 Å². The zero-order valence-electron chi connectivity index (χ0n) is 17.3. The summed E-state index contributed by atoms with van der Waals surface area (Å²) in [4.78, 5) is 27.7. The van der Waals surface area contributed by atoms with Gasteiger partial charge in [-0.05, 0) is 23.6 Å². The molecule has 7 nitrogen and oxygen atoms in total. The minimum absolute atomic E-state index is 0.0652. The highest BCUT2D eigenvalue weighted by Gasteiger charge is 2.36. The Morgan fingerprint density at radius 1 is 1.07 bits per heavy atom. The number of fused-ring (bicyclic) bond motifs is 1. The molecule has 0 aliphatic carbocycles. The summed E-state index contributed by atoms with van der Waals surface area (Å²) in [5.74, 6) is 1.42. The molecule has 2 heterocycles. The van der Waals surface area contributed by atoms with Crippen molar-refractivity contribution in [2.45, 2.75) is 33.0 Å². The number of carbonyl (C=O) groups excluding carboxylic acids is 1. The largest absolute Gasteiger partial charge is 0.484 e. The van der Waals surface area contributed by atoms with Gasteiger partial charge in [0.05, 0.1) is 0 Å². The average molecular weight is 406 g/mol. The number of aromatic nitrogens is 3. The second-order valence-electron chi connectivity index (χ2n) is 7.87. The van der Waals surface area contributed by atoms with Crippen molar-refractivity contribution in [2.75, 3.05) is 13.2 Å². The van der Waals surface area contributed by atoms with Gasteiger partial charge in [0.2, 0.25) is 0 Å². The summed E-state index contributed by atoms with van der Waals surface area (Å²) in [7, 11) is 0. The fourth-order valence-electron chi connectivity index (χ4n) is 3.79. The minimum atomic E-state index is -0.423. The van der Waals surface area contributed by atoms with E-state index in [2.05, 4.69) is 18.9 Å². The molecule has 1 unspecified atom stereocenters. The van der Waals surface area contributed by atoms with Crippen molar-refractivity contribution in [3.05, 3.63) is 82.5 Å². The van der Waals surface area contributed by atoms with Gasteiger partial charge in [-0.25, -0.2) is 9.48 Å². The van der Waals surface area contributed by atoms with Crippen LogP contribution >= 0.6 is 0 Å². The van der Waals surface area contributed by atoms with E-state index in [0.29, 0.717) is 37.1 Å². The maximum Gasteiger partial charge on any atom is 0.346 e. The van der Waals surface area contributed by atoms with Crippen molar-refractivity contribution in [1.82, 2.24) is 19.2 Å². The van der Waals surface area contributed by atoms with Gasteiger partial charge in [-0.1, -0.05) is 62.4 Å². The van der Waals surface area contributed by atoms with Crippen LogP contribution in [0.5, 0.6) is 5.75 Å². The fourth-order valence-corrected chi connectivity index (χ4v) is 3.79. The molecule has 1 aliphatic rings. The third kappa shape index (κ3) is 4.01. The molecule has 0 N–H and O–H groups in total. The number of rotatable bonds is 6. The van der Waals surface area contributed by atoms with Crippen LogP contribution in [0.25, 0.3) is 0 Å². The Morgan fingerprint density at radius 2 is 1.73 bits per heavy atom. The topological polar surface area (TPSA) is 69.4 Å². The van der Waals surface area contributed by atoms with E-state index in [1.54, 1.807) is 9.47 Å². The second kappa shape index (κ2) is 8.57. The summed E-state index contributed by atoms with van der Waals surface area (Å²) in [6.45, 7) is 5.44. The van der Waals surface area contributed by atoms with E-state index in [1.165, 1.54) is 4.68 Å². The van der Waals surface area contributed by atoms with E-state index >= 15 is 0 Å². The molecule has 0 saturated heterocycles. The van der Waals surface area contributed by atoms with E-state index in [9.17, 15) is 9.59 Å². The Kier molecular flexibility index (Phi) is 5.70. The summed E-state index contributed by atoms with van der Waals surface area (Å²) in [5.41, 5.74) is 0.806. The average Bonchev–Trinajstić information content (AvgIpc) is 3.07. The van der Waals surface area contributed by atoms with E-state index in [0.717, 1.165) is 5.56 Å². The predicted octanol–water partition coefficient (Wildman–Crippen LogP) is 2.71. The van der Waals surface area contributed by atoms with Crippen molar-refractivity contribution in [2.24, 2.45) is 5.92 Å². The van der Waals surface area contributed by atoms with Crippen molar-refractivity contribution in [3.8, 4) is 5.75 Å². The number of ether oxygens (including phenoxy) is 1. The van der Waals surface area contributed by atoms with Crippen molar-refractivity contribution in [3.63, 3.8) is 0 Å². The van der Waals surface area contributed by atoms with Crippen LogP contribution in [0.2, 0.25) is 0 Å². The minimum Gasteiger partial charge on any atom is -0.484 e. The third-order valence-corrected chi connectivity index (χ3v) is 5.15. The third-order valence-electron chi connectivity index (χ3n) is 5.15. The van der Waals surface area contributed by atoms with E-state index < -0.39 is 6.04 Å². The summed E-state index contributed by atoms with van der Waals surface area (Å²) in [5, 5.41) is 4.63. The number of carbonyl (C=O) groups is 1. The fraction of sp³-hybridized carbons (Fsp3) is 0.348. The summed E-state index contributed by atoms with van der Waals surface area (Å²) < 4.78 is 8.90. The van der Waals surface area contributed by atoms with Gasteiger partial charge in [0.25, 0.3) is 5.91 Å². The van der Waals surface area contributed by atoms with Gasteiger partial charge in [0.1, 0.15) is 11.8 Å². The van der Waals surface area contributed by atoms with Gasteiger partial charge in [0.15, 0.2) is 12.4 Å². The first-order chi connectivity index (χ1) is 14.5. The Bertz CT molecular complexity index is 1060.